The number of methoxy groups -OCH3 is 1. The van der Waals surface area contributed by atoms with E-state index in [2.05, 4.69) is 17.6 Å². The van der Waals surface area contributed by atoms with Crippen molar-refractivity contribution >= 4 is 50.9 Å². The van der Waals surface area contributed by atoms with Gasteiger partial charge in [0, 0.05) is 22.4 Å². The van der Waals surface area contributed by atoms with Crippen molar-refractivity contribution in [2.75, 3.05) is 19.0 Å². The number of hydrogen-bond donors (Lipinski definition) is 3. The first-order chi connectivity index (χ1) is 24.7. The number of hydrogen-bond acceptors (Lipinski definition) is 8. The molecule has 5 rings (SSSR count). The summed E-state index contributed by atoms with van der Waals surface area (Å²) in [5, 5.41) is 16.3. The highest BCUT2D eigenvalue weighted by Gasteiger charge is 2.23. The topological polar surface area (TPSA) is 140 Å². The van der Waals surface area contributed by atoms with Crippen LogP contribution in [0.2, 0.25) is 0 Å². The number of amides is 2. The number of carboxylic acid groups (broad SMARTS) is 1. The van der Waals surface area contributed by atoms with Gasteiger partial charge in [-0.25, -0.2) is 9.59 Å². The number of thiophene rings is 1. The van der Waals surface area contributed by atoms with Gasteiger partial charge in [0.15, 0.2) is 11.5 Å². The fraction of sp³-hybridized carbons (Fsp3) is 0.250. The highest BCUT2D eigenvalue weighted by molar-refractivity contribution is 7.20. The zero-order valence-corrected chi connectivity index (χ0v) is 29.3. The summed E-state index contributed by atoms with van der Waals surface area (Å²) in [6.45, 7) is 2.79. The van der Waals surface area contributed by atoms with Crippen molar-refractivity contribution in [3.05, 3.63) is 119 Å². The fourth-order valence-corrected chi connectivity index (χ4v) is 6.32. The third kappa shape index (κ3) is 10.2. The second kappa shape index (κ2) is 17.8. The van der Waals surface area contributed by atoms with Gasteiger partial charge in [-0.3, -0.25) is 9.59 Å². The molecule has 51 heavy (non-hydrogen) atoms. The normalized spacial score (nSPS) is 11.4. The van der Waals surface area contributed by atoms with Gasteiger partial charge in [-0.05, 0) is 84.1 Å². The molecule has 0 saturated heterocycles. The molecule has 264 valence electrons. The van der Waals surface area contributed by atoms with Crippen LogP contribution in [0.15, 0.2) is 97.1 Å². The Labute approximate surface area is 300 Å². The standard InChI is InChI=1S/C40H40N2O8S/c1-3-4-5-6-9-21-49-31-18-16-27(17-19-31)40(47)50-33-20-15-26(23-34(33)48-2)22-32(39(45)46)42-37(43)29-12-10-13-30(24-29)41-38(44)36-25-28-11-7-8-14-35(28)51-36/h7-8,10-20,23-25,32H,3-6,9,21-22H2,1-2H3,(H,41,44)(H,42,43)(H,45,46). The number of nitrogens with one attached hydrogen (secondary N) is 2. The molecule has 1 unspecified atom stereocenters. The number of carbonyl (C=O) groups excluding carboxylic acids is 3. The summed E-state index contributed by atoms with van der Waals surface area (Å²) in [5.74, 6) is -1.72. The molecule has 11 heteroatoms. The summed E-state index contributed by atoms with van der Waals surface area (Å²) in [6, 6.07) is 25.9. The molecule has 0 fully saturated rings. The van der Waals surface area contributed by atoms with Crippen molar-refractivity contribution in [1.29, 1.82) is 0 Å². The van der Waals surface area contributed by atoms with E-state index in [9.17, 15) is 24.3 Å². The summed E-state index contributed by atoms with van der Waals surface area (Å²) >= 11 is 1.36. The van der Waals surface area contributed by atoms with Crippen LogP contribution in [0.25, 0.3) is 10.1 Å². The minimum atomic E-state index is -1.29. The highest BCUT2D eigenvalue weighted by atomic mass is 32.1. The van der Waals surface area contributed by atoms with Gasteiger partial charge in [-0.2, -0.15) is 0 Å². The van der Waals surface area contributed by atoms with Crippen molar-refractivity contribution in [2.24, 2.45) is 0 Å². The van der Waals surface area contributed by atoms with Gasteiger partial charge >= 0.3 is 11.9 Å². The number of benzene rings is 4. The van der Waals surface area contributed by atoms with Crippen LogP contribution in [0.4, 0.5) is 5.69 Å². The van der Waals surface area contributed by atoms with Gasteiger partial charge in [-0.1, -0.05) is 62.9 Å². The first-order valence-corrected chi connectivity index (χ1v) is 17.6. The van der Waals surface area contributed by atoms with Gasteiger partial charge < -0.3 is 30.0 Å². The predicted molar refractivity (Wildman–Crippen MR) is 197 cm³/mol. The molecular formula is C40H40N2O8S. The lowest BCUT2D eigenvalue weighted by Gasteiger charge is -2.16. The van der Waals surface area contributed by atoms with E-state index in [1.165, 1.54) is 55.9 Å². The fourth-order valence-electron chi connectivity index (χ4n) is 5.37. The number of carbonyl (C=O) groups is 4. The molecule has 0 aliphatic carbocycles. The minimum Gasteiger partial charge on any atom is -0.494 e. The zero-order valence-electron chi connectivity index (χ0n) is 28.5. The van der Waals surface area contributed by atoms with Gasteiger partial charge in [0.25, 0.3) is 11.8 Å². The molecule has 0 radical (unpaired) electrons. The Morgan fingerprint density at radius 3 is 2.31 bits per heavy atom. The van der Waals surface area contributed by atoms with E-state index in [1.807, 2.05) is 24.3 Å². The average molecular weight is 709 g/mol. The van der Waals surface area contributed by atoms with E-state index in [0.717, 1.165) is 22.9 Å². The van der Waals surface area contributed by atoms with E-state index in [-0.39, 0.29) is 29.4 Å². The number of aliphatic carboxylic acids is 1. The molecule has 10 nitrogen and oxygen atoms in total. The largest absolute Gasteiger partial charge is 0.494 e. The van der Waals surface area contributed by atoms with Crippen LogP contribution in [0, 0.1) is 0 Å². The predicted octanol–water partition coefficient (Wildman–Crippen LogP) is 8.16. The second-order valence-corrected chi connectivity index (χ2v) is 13.0. The summed E-state index contributed by atoms with van der Waals surface area (Å²) < 4.78 is 17.8. The number of anilines is 1. The molecule has 0 aliphatic heterocycles. The van der Waals surface area contributed by atoms with Gasteiger partial charge in [0.2, 0.25) is 0 Å². The van der Waals surface area contributed by atoms with Crippen LogP contribution in [0.1, 0.15) is 75.0 Å². The Morgan fingerprint density at radius 2 is 1.57 bits per heavy atom. The van der Waals surface area contributed by atoms with Crippen LogP contribution in [-0.2, 0) is 11.2 Å². The maximum atomic E-state index is 13.2. The smallest absolute Gasteiger partial charge is 0.343 e. The van der Waals surface area contributed by atoms with Crippen molar-refractivity contribution in [3.8, 4) is 17.2 Å². The number of unbranched alkanes of at least 4 members (excludes halogenated alkanes) is 4. The van der Waals surface area contributed by atoms with Gasteiger partial charge in [-0.15, -0.1) is 11.3 Å². The Kier molecular flexibility index (Phi) is 12.8. The van der Waals surface area contributed by atoms with E-state index < -0.39 is 23.9 Å². The van der Waals surface area contributed by atoms with E-state index in [4.69, 9.17) is 14.2 Å². The Hall–Kier alpha value is -5.68. The monoisotopic (exact) mass is 708 g/mol. The van der Waals surface area contributed by atoms with Crippen molar-refractivity contribution in [1.82, 2.24) is 5.32 Å². The number of rotatable bonds is 17. The third-order valence-corrected chi connectivity index (χ3v) is 9.23. The zero-order chi connectivity index (χ0) is 36.2. The van der Waals surface area contributed by atoms with Gasteiger partial charge in [0.1, 0.15) is 11.8 Å². The molecule has 1 atom stereocenters. The van der Waals surface area contributed by atoms with Crippen LogP contribution in [0.3, 0.4) is 0 Å². The van der Waals surface area contributed by atoms with Gasteiger partial charge in [0.05, 0.1) is 24.2 Å². The molecule has 1 heterocycles. The SMILES string of the molecule is CCCCCCCOc1ccc(C(=O)Oc2ccc(CC(NC(=O)c3cccc(NC(=O)c4cc5ccccc5s4)c3)C(=O)O)cc2OC)cc1. The molecular weight excluding hydrogens is 669 g/mol. The molecule has 0 spiro atoms. The first kappa shape index (κ1) is 36.6. The van der Waals surface area contributed by atoms with Crippen LogP contribution < -0.4 is 24.8 Å². The molecule has 1 aromatic heterocycles. The second-order valence-electron chi connectivity index (χ2n) is 11.9. The molecule has 0 aliphatic rings. The molecule has 5 aromatic rings. The highest BCUT2D eigenvalue weighted by Crippen LogP contribution is 2.30. The van der Waals surface area contributed by atoms with Crippen molar-refractivity contribution in [2.45, 2.75) is 51.5 Å². The summed E-state index contributed by atoms with van der Waals surface area (Å²) in [7, 11) is 1.41. The summed E-state index contributed by atoms with van der Waals surface area (Å²) in [6.07, 6.45) is 5.63. The van der Waals surface area contributed by atoms with E-state index in [0.29, 0.717) is 34.0 Å². The number of carboxylic acids is 1. The lowest BCUT2D eigenvalue weighted by molar-refractivity contribution is -0.139. The maximum Gasteiger partial charge on any atom is 0.343 e. The Morgan fingerprint density at radius 1 is 0.784 bits per heavy atom. The lowest BCUT2D eigenvalue weighted by atomic mass is 10.0. The number of fused-ring (bicyclic) bond motifs is 1. The minimum absolute atomic E-state index is 0.0753. The molecule has 0 bridgehead atoms. The lowest BCUT2D eigenvalue weighted by Crippen LogP contribution is -2.42. The number of esters is 1. The number of ether oxygens (including phenoxy) is 3. The van der Waals surface area contributed by atoms with Crippen LogP contribution >= 0.6 is 11.3 Å². The molecule has 0 saturated carbocycles. The first-order valence-electron chi connectivity index (χ1n) is 16.8. The molecule has 3 N–H and O–H groups in total. The maximum absolute atomic E-state index is 13.2. The van der Waals surface area contributed by atoms with Crippen molar-refractivity contribution < 1.29 is 38.5 Å². The average Bonchev–Trinajstić information content (AvgIpc) is 3.58. The third-order valence-electron chi connectivity index (χ3n) is 8.11. The summed E-state index contributed by atoms with van der Waals surface area (Å²) in [5.41, 5.74) is 1.43. The van der Waals surface area contributed by atoms with Crippen LogP contribution in [-0.4, -0.2) is 48.6 Å². The summed E-state index contributed by atoms with van der Waals surface area (Å²) in [4.78, 5) is 51.7. The molecule has 2 amide bonds. The van der Waals surface area contributed by atoms with E-state index >= 15 is 0 Å². The van der Waals surface area contributed by atoms with Crippen LogP contribution in [0.5, 0.6) is 17.2 Å². The Balaban J connectivity index is 1.17. The molecule has 4 aromatic carbocycles. The Bertz CT molecular complexity index is 1960. The van der Waals surface area contributed by atoms with Crippen molar-refractivity contribution in [3.63, 3.8) is 0 Å². The van der Waals surface area contributed by atoms with E-state index in [1.54, 1.807) is 54.6 Å². The quantitative estimate of drug-likeness (QED) is 0.0500.